The van der Waals surface area contributed by atoms with Gasteiger partial charge in [0.2, 0.25) is 5.91 Å². The van der Waals surface area contributed by atoms with Crippen LogP contribution in [0.25, 0.3) is 16.8 Å². The average Bonchev–Trinajstić information content (AvgIpc) is 3.26. The number of aliphatic hydroxyl groups excluding tert-OH is 1. The van der Waals surface area contributed by atoms with Gasteiger partial charge in [0.1, 0.15) is 17.9 Å². The number of anilines is 1. The predicted molar refractivity (Wildman–Crippen MR) is 126 cm³/mol. The number of nitrogens with zero attached hydrogens (tertiary/aromatic N) is 5. The summed E-state index contributed by atoms with van der Waals surface area (Å²) in [4.78, 5) is 30.0. The minimum atomic E-state index is -0.375. The smallest absolute Gasteiger partial charge is 0.277 e. The molecule has 0 atom stereocenters. The minimum absolute atomic E-state index is 0.0946. The molecule has 0 bridgehead atoms. The van der Waals surface area contributed by atoms with Crippen LogP contribution in [0.1, 0.15) is 5.56 Å². The molecule has 5 rings (SSSR count). The maximum Gasteiger partial charge on any atom is 0.277 e. The Kier molecular flexibility index (Phi) is 5.85. The molecule has 4 aromatic rings. The Labute approximate surface area is 195 Å². The van der Waals surface area contributed by atoms with E-state index in [9.17, 15) is 19.1 Å². The lowest BCUT2D eigenvalue weighted by Gasteiger charge is -2.36. The van der Waals surface area contributed by atoms with Crippen molar-refractivity contribution in [2.24, 2.45) is 0 Å². The van der Waals surface area contributed by atoms with Crippen LogP contribution >= 0.6 is 0 Å². The fourth-order valence-corrected chi connectivity index (χ4v) is 4.36. The summed E-state index contributed by atoms with van der Waals surface area (Å²) < 4.78 is 16.0. The molecule has 1 amide bonds. The van der Waals surface area contributed by atoms with E-state index in [0.717, 1.165) is 11.3 Å². The first-order chi connectivity index (χ1) is 16.5. The molecule has 1 aliphatic rings. The molecule has 1 saturated heterocycles. The number of piperazine rings is 1. The van der Waals surface area contributed by atoms with Crippen molar-refractivity contribution in [3.8, 4) is 11.3 Å². The molecule has 0 saturated carbocycles. The van der Waals surface area contributed by atoms with Crippen LogP contribution in [-0.4, -0.2) is 56.3 Å². The fourth-order valence-electron chi connectivity index (χ4n) is 4.36. The minimum Gasteiger partial charge on any atom is -0.392 e. The van der Waals surface area contributed by atoms with Gasteiger partial charge in [-0.05, 0) is 24.3 Å². The van der Waals surface area contributed by atoms with E-state index in [-0.39, 0.29) is 36.0 Å². The number of benzene rings is 2. The van der Waals surface area contributed by atoms with E-state index < -0.39 is 0 Å². The number of aliphatic hydroxyl groups is 1. The summed E-state index contributed by atoms with van der Waals surface area (Å²) in [5.74, 6) is -0.433. The Hall–Kier alpha value is -3.98. The predicted octanol–water partition coefficient (Wildman–Crippen LogP) is 2.14. The van der Waals surface area contributed by atoms with Crippen molar-refractivity contribution in [2.75, 3.05) is 31.1 Å². The number of hydrogen-bond acceptors (Lipinski definition) is 5. The number of carbonyl (C=O) groups excluding carboxylic acids is 1. The number of amides is 1. The lowest BCUT2D eigenvalue weighted by Crippen LogP contribution is -2.50. The van der Waals surface area contributed by atoms with E-state index >= 15 is 0 Å². The summed E-state index contributed by atoms with van der Waals surface area (Å²) in [5, 5.41) is 14.5. The molecule has 2 aromatic heterocycles. The van der Waals surface area contributed by atoms with Crippen LogP contribution in [0.3, 0.4) is 0 Å². The molecule has 8 nitrogen and oxygen atoms in total. The number of carbonyl (C=O) groups is 1. The van der Waals surface area contributed by atoms with Crippen LogP contribution in [-0.2, 0) is 17.9 Å². The Morgan fingerprint density at radius 1 is 0.971 bits per heavy atom. The third kappa shape index (κ3) is 4.06. The molecule has 3 heterocycles. The van der Waals surface area contributed by atoms with Crippen LogP contribution < -0.4 is 10.5 Å². The van der Waals surface area contributed by atoms with Gasteiger partial charge in [-0.25, -0.2) is 8.91 Å². The van der Waals surface area contributed by atoms with Crippen molar-refractivity contribution < 1.29 is 14.3 Å². The number of halogens is 1. The van der Waals surface area contributed by atoms with E-state index in [1.54, 1.807) is 29.4 Å². The molecule has 0 unspecified atom stereocenters. The standard InChI is InChI=1S/C25H24FN5O3/c26-19-6-8-20(9-7-19)28-10-12-29(13-11-28)22(33)16-30-14-15-31-24(25(30)34)21(17-32)23(27-31)18-4-2-1-3-5-18/h1-9,14-15,32H,10-13,16-17H2. The highest BCUT2D eigenvalue weighted by atomic mass is 19.1. The molecule has 34 heavy (non-hydrogen) atoms. The highest BCUT2D eigenvalue weighted by Gasteiger charge is 2.23. The number of rotatable bonds is 5. The van der Waals surface area contributed by atoms with Crippen LogP contribution in [0.4, 0.5) is 10.1 Å². The van der Waals surface area contributed by atoms with Crippen molar-refractivity contribution in [3.63, 3.8) is 0 Å². The van der Waals surface area contributed by atoms with Crippen molar-refractivity contribution in [1.82, 2.24) is 19.1 Å². The van der Waals surface area contributed by atoms with Crippen molar-refractivity contribution in [2.45, 2.75) is 13.2 Å². The average molecular weight is 461 g/mol. The quantitative estimate of drug-likeness (QED) is 0.493. The Morgan fingerprint density at radius 2 is 1.68 bits per heavy atom. The number of hydrogen-bond donors (Lipinski definition) is 1. The molecule has 0 aliphatic carbocycles. The van der Waals surface area contributed by atoms with E-state index in [1.807, 2.05) is 30.3 Å². The van der Waals surface area contributed by atoms with Crippen molar-refractivity contribution in [3.05, 3.63) is 88.7 Å². The van der Waals surface area contributed by atoms with Gasteiger partial charge in [-0.1, -0.05) is 30.3 Å². The fraction of sp³-hybridized carbons (Fsp3) is 0.240. The lowest BCUT2D eigenvalue weighted by atomic mass is 10.1. The summed E-state index contributed by atoms with van der Waals surface area (Å²) in [5.41, 5.74) is 2.59. The second kappa shape index (κ2) is 9.11. The molecule has 174 valence electrons. The van der Waals surface area contributed by atoms with E-state index in [1.165, 1.54) is 21.2 Å². The highest BCUT2D eigenvalue weighted by Crippen LogP contribution is 2.24. The zero-order valence-corrected chi connectivity index (χ0v) is 18.5. The first kappa shape index (κ1) is 21.8. The van der Waals surface area contributed by atoms with Gasteiger partial charge in [0.15, 0.2) is 0 Å². The largest absolute Gasteiger partial charge is 0.392 e. The zero-order valence-electron chi connectivity index (χ0n) is 18.5. The van der Waals surface area contributed by atoms with Gasteiger partial charge in [0.25, 0.3) is 5.56 Å². The lowest BCUT2D eigenvalue weighted by molar-refractivity contribution is -0.132. The molecule has 0 radical (unpaired) electrons. The van der Waals surface area contributed by atoms with Crippen LogP contribution in [0, 0.1) is 5.82 Å². The SMILES string of the molecule is O=C(Cn1ccn2nc(-c3ccccc3)c(CO)c2c1=O)N1CCN(c2ccc(F)cc2)CC1. The Balaban J connectivity index is 1.34. The van der Waals surface area contributed by atoms with Crippen LogP contribution in [0.2, 0.25) is 0 Å². The van der Waals surface area contributed by atoms with Crippen LogP contribution in [0.5, 0.6) is 0 Å². The van der Waals surface area contributed by atoms with E-state index in [0.29, 0.717) is 37.4 Å². The van der Waals surface area contributed by atoms with Gasteiger partial charge >= 0.3 is 0 Å². The molecule has 1 aliphatic heterocycles. The maximum absolute atomic E-state index is 13.2. The summed E-state index contributed by atoms with van der Waals surface area (Å²) in [7, 11) is 0. The zero-order chi connectivity index (χ0) is 23.7. The van der Waals surface area contributed by atoms with Gasteiger partial charge in [0, 0.05) is 55.4 Å². The molecule has 2 aromatic carbocycles. The molecular formula is C25H24FN5O3. The first-order valence-electron chi connectivity index (χ1n) is 11.1. The Morgan fingerprint density at radius 3 is 2.35 bits per heavy atom. The molecular weight excluding hydrogens is 437 g/mol. The van der Waals surface area contributed by atoms with Gasteiger partial charge < -0.3 is 19.5 Å². The second-order valence-electron chi connectivity index (χ2n) is 8.22. The maximum atomic E-state index is 13.2. The number of aromatic nitrogens is 3. The summed E-state index contributed by atoms with van der Waals surface area (Å²) in [6.07, 6.45) is 3.17. The van der Waals surface area contributed by atoms with Gasteiger partial charge in [0.05, 0.1) is 12.3 Å². The molecule has 9 heteroatoms. The summed E-state index contributed by atoms with van der Waals surface area (Å²) >= 11 is 0. The monoisotopic (exact) mass is 461 g/mol. The van der Waals surface area contributed by atoms with Crippen molar-refractivity contribution in [1.29, 1.82) is 0 Å². The second-order valence-corrected chi connectivity index (χ2v) is 8.22. The molecule has 1 fully saturated rings. The molecule has 1 N–H and O–H groups in total. The molecule has 0 spiro atoms. The van der Waals surface area contributed by atoms with Crippen LogP contribution in [0.15, 0.2) is 71.8 Å². The first-order valence-corrected chi connectivity index (χ1v) is 11.1. The van der Waals surface area contributed by atoms with E-state index in [4.69, 9.17) is 0 Å². The third-order valence-corrected chi connectivity index (χ3v) is 6.19. The third-order valence-electron chi connectivity index (χ3n) is 6.19. The normalized spacial score (nSPS) is 14.1. The van der Waals surface area contributed by atoms with Gasteiger partial charge in [-0.3, -0.25) is 9.59 Å². The number of fused-ring (bicyclic) bond motifs is 1. The topological polar surface area (TPSA) is 83.1 Å². The highest BCUT2D eigenvalue weighted by molar-refractivity contribution is 5.77. The van der Waals surface area contributed by atoms with Crippen molar-refractivity contribution >= 4 is 17.1 Å². The Bertz CT molecular complexity index is 1370. The van der Waals surface area contributed by atoms with Gasteiger partial charge in [-0.15, -0.1) is 0 Å². The summed E-state index contributed by atoms with van der Waals surface area (Å²) in [6, 6.07) is 15.7. The van der Waals surface area contributed by atoms with E-state index in [2.05, 4.69) is 10.00 Å². The summed E-state index contributed by atoms with van der Waals surface area (Å²) in [6.45, 7) is 1.85. The van der Waals surface area contributed by atoms with Gasteiger partial charge in [-0.2, -0.15) is 5.10 Å².